The molecule has 4 rings (SSSR count). The third kappa shape index (κ3) is 12.1. The fourth-order valence-corrected chi connectivity index (χ4v) is 6.82. The molecule has 12 heteroatoms. The first kappa shape index (κ1) is 41.5. The van der Waals surface area contributed by atoms with Crippen molar-refractivity contribution in [2.75, 3.05) is 13.1 Å². The molecule has 0 saturated carbocycles. The Bertz CT molecular complexity index is 1620. The molecule has 0 radical (unpaired) electrons. The number of nitrogens with one attached hydrogen (secondary N) is 4. The van der Waals surface area contributed by atoms with Gasteiger partial charge < -0.3 is 30.8 Å². The van der Waals surface area contributed by atoms with Crippen molar-refractivity contribution in [3.8, 4) is 0 Å². The van der Waals surface area contributed by atoms with Crippen LogP contribution < -0.4 is 16.0 Å². The highest BCUT2D eigenvalue weighted by Gasteiger charge is 2.38. The summed E-state index contributed by atoms with van der Waals surface area (Å²) >= 11 is 0. The number of amides is 3. The molecule has 1 aromatic heterocycles. The molecule has 2 heterocycles. The summed E-state index contributed by atoms with van der Waals surface area (Å²) in [6.07, 6.45) is 2.28. The van der Waals surface area contributed by atoms with E-state index in [9.17, 15) is 24.3 Å². The largest absolute Gasteiger partial charge is 0.458 e. The molecule has 1 aliphatic rings. The van der Waals surface area contributed by atoms with Crippen molar-refractivity contribution < 1.29 is 29.0 Å². The number of H-pyrrole nitrogens is 1. The van der Waals surface area contributed by atoms with Gasteiger partial charge in [0.1, 0.15) is 23.5 Å². The molecule has 12 nitrogen and oxygen atoms in total. The molecule has 1 unspecified atom stereocenters. The first-order valence-electron chi connectivity index (χ1n) is 19.2. The molecule has 0 spiro atoms. The zero-order valence-electron chi connectivity index (χ0n) is 32.5. The number of fused-ring (bicyclic) bond motifs is 1. The van der Waals surface area contributed by atoms with Crippen LogP contribution in [0.3, 0.4) is 0 Å². The average molecular weight is 733 g/mol. The van der Waals surface area contributed by atoms with Crippen LogP contribution in [0, 0.1) is 17.8 Å². The Balaban J connectivity index is 1.43. The Hall–Kier alpha value is -4.29. The minimum absolute atomic E-state index is 0.127. The number of carbonyl (C=O) groups excluding carboxylic acids is 4. The lowest BCUT2D eigenvalue weighted by Gasteiger charge is -2.31. The van der Waals surface area contributed by atoms with E-state index in [2.05, 4.69) is 25.9 Å². The number of aromatic amines is 1. The van der Waals surface area contributed by atoms with Gasteiger partial charge in [0.15, 0.2) is 0 Å². The molecule has 1 fully saturated rings. The second kappa shape index (κ2) is 19.2. The molecular weight excluding hydrogens is 672 g/mol. The highest BCUT2D eigenvalue weighted by Crippen LogP contribution is 2.23. The van der Waals surface area contributed by atoms with E-state index in [0.717, 1.165) is 23.0 Å². The smallest absolute Gasteiger partial charge is 0.329 e. The Morgan fingerprint density at radius 3 is 2.26 bits per heavy atom. The summed E-state index contributed by atoms with van der Waals surface area (Å²) in [4.78, 5) is 64.0. The summed E-state index contributed by atoms with van der Waals surface area (Å²) in [5.74, 6) is -1.65. The number of rotatable bonds is 18. The van der Waals surface area contributed by atoms with Crippen LogP contribution in [0.1, 0.15) is 92.0 Å². The quantitative estimate of drug-likeness (QED) is 0.118. The van der Waals surface area contributed by atoms with Crippen LogP contribution in [0.5, 0.6) is 0 Å². The molecule has 5 N–H and O–H groups in total. The number of carbonyl (C=O) groups is 4. The van der Waals surface area contributed by atoms with Crippen LogP contribution in [0.15, 0.2) is 54.6 Å². The van der Waals surface area contributed by atoms with Crippen molar-refractivity contribution in [3.05, 3.63) is 66.0 Å². The van der Waals surface area contributed by atoms with Crippen LogP contribution in [0.25, 0.3) is 11.0 Å². The van der Waals surface area contributed by atoms with Crippen molar-refractivity contribution >= 4 is 34.7 Å². The monoisotopic (exact) mass is 732 g/mol. The number of benzene rings is 2. The standard InChI is InChI=1S/C41H60N6O6/c1-8-26(3)35(39(51)42-24-34-43-31-18-13-14-19-32(31)44-34)45-37(49)29(22-28-16-11-10-12-17-28)23-30(48)25-47-21-15-20-33(47)38(50)46-36(27(4)9-2)40(52)53-41(5,6)7/h10-14,16-19,26-27,29-30,33,35-36,48H,8-9,15,20-25H2,1-7H3,(H,42,51)(H,43,44)(H,45,49)(H,46,50)/t26-,27-,29+,30?,33+,35-,36-/m0/s1. The summed E-state index contributed by atoms with van der Waals surface area (Å²) in [6.45, 7) is 14.2. The number of hydrogen-bond acceptors (Lipinski definition) is 8. The number of hydrogen-bond donors (Lipinski definition) is 5. The van der Waals surface area contributed by atoms with E-state index in [1.807, 2.05) is 87.2 Å². The van der Waals surface area contributed by atoms with Gasteiger partial charge in [0.05, 0.1) is 29.7 Å². The van der Waals surface area contributed by atoms with Gasteiger partial charge in [-0.3, -0.25) is 19.3 Å². The third-order valence-corrected chi connectivity index (χ3v) is 10.2. The number of ether oxygens (including phenoxy) is 1. The zero-order chi connectivity index (χ0) is 38.7. The SMILES string of the molecule is CC[C@H](C)[C@H](NC(=O)[C@H](Cc1ccccc1)CC(O)CN1CCC[C@@H]1C(=O)N[C@H](C(=O)OC(C)(C)C)[C@@H](C)CC)C(=O)NCc1nc2ccccc2[nH]1. The number of aliphatic hydroxyl groups is 1. The van der Waals surface area contributed by atoms with Crippen LogP contribution in [0.2, 0.25) is 0 Å². The number of para-hydroxylation sites is 2. The topological polar surface area (TPSA) is 166 Å². The predicted molar refractivity (Wildman–Crippen MR) is 205 cm³/mol. The Morgan fingerprint density at radius 1 is 0.943 bits per heavy atom. The Kier molecular flexibility index (Phi) is 15.0. The summed E-state index contributed by atoms with van der Waals surface area (Å²) in [6, 6.07) is 15.2. The van der Waals surface area contributed by atoms with Crippen LogP contribution in [0.4, 0.5) is 0 Å². The maximum atomic E-state index is 14.1. The summed E-state index contributed by atoms with van der Waals surface area (Å²) in [7, 11) is 0. The highest BCUT2D eigenvalue weighted by molar-refractivity contribution is 5.89. The number of likely N-dealkylation sites (tertiary alicyclic amines) is 1. The lowest BCUT2D eigenvalue weighted by molar-refractivity contribution is -0.160. The van der Waals surface area contributed by atoms with Gasteiger partial charge in [0.2, 0.25) is 17.7 Å². The zero-order valence-corrected chi connectivity index (χ0v) is 32.5. The number of β-amino-alcohol motifs (C(OH)–C–C–N with tert-alkyl or cyclic N) is 1. The number of esters is 1. The van der Waals surface area contributed by atoms with E-state index in [4.69, 9.17) is 4.74 Å². The van der Waals surface area contributed by atoms with E-state index < -0.39 is 41.7 Å². The molecule has 3 aromatic rings. The fourth-order valence-electron chi connectivity index (χ4n) is 6.82. The molecule has 0 aliphatic carbocycles. The lowest BCUT2D eigenvalue weighted by atomic mass is 9.91. The van der Waals surface area contributed by atoms with Crippen LogP contribution in [-0.4, -0.2) is 86.6 Å². The first-order valence-corrected chi connectivity index (χ1v) is 19.2. The molecule has 0 bridgehead atoms. The van der Waals surface area contributed by atoms with Crippen LogP contribution >= 0.6 is 0 Å². The van der Waals surface area contributed by atoms with Crippen molar-refractivity contribution in [2.45, 2.75) is 123 Å². The van der Waals surface area contributed by atoms with E-state index in [1.165, 1.54) is 0 Å². The summed E-state index contributed by atoms with van der Waals surface area (Å²) in [5.41, 5.74) is 1.93. The van der Waals surface area contributed by atoms with Gasteiger partial charge in [0.25, 0.3) is 0 Å². The average Bonchev–Trinajstić information content (AvgIpc) is 3.77. The minimum Gasteiger partial charge on any atom is -0.458 e. The van der Waals surface area contributed by atoms with Crippen molar-refractivity contribution in [2.24, 2.45) is 17.8 Å². The molecule has 290 valence electrons. The molecule has 1 aliphatic heterocycles. The summed E-state index contributed by atoms with van der Waals surface area (Å²) in [5, 5.41) is 20.4. The fraction of sp³-hybridized carbons (Fsp3) is 0.585. The van der Waals surface area contributed by atoms with Crippen LogP contribution in [-0.2, 0) is 36.9 Å². The molecule has 2 aromatic carbocycles. The second-order valence-corrected chi connectivity index (χ2v) is 15.6. The molecular formula is C41H60N6O6. The predicted octanol–water partition coefficient (Wildman–Crippen LogP) is 4.66. The number of aliphatic hydroxyl groups excluding tert-OH is 1. The third-order valence-electron chi connectivity index (χ3n) is 10.2. The maximum absolute atomic E-state index is 14.1. The van der Waals surface area contributed by atoms with Crippen molar-refractivity contribution in [1.82, 2.24) is 30.8 Å². The van der Waals surface area contributed by atoms with Gasteiger partial charge in [-0.1, -0.05) is 83.0 Å². The minimum atomic E-state index is -0.928. The van der Waals surface area contributed by atoms with Gasteiger partial charge in [-0.2, -0.15) is 0 Å². The van der Waals surface area contributed by atoms with E-state index in [1.54, 1.807) is 20.8 Å². The van der Waals surface area contributed by atoms with Crippen molar-refractivity contribution in [3.63, 3.8) is 0 Å². The van der Waals surface area contributed by atoms with Gasteiger partial charge in [0, 0.05) is 12.5 Å². The first-order chi connectivity index (χ1) is 25.2. The molecule has 3 amide bonds. The molecule has 1 saturated heterocycles. The Morgan fingerprint density at radius 2 is 1.60 bits per heavy atom. The Labute approximate surface area is 314 Å². The number of imidazole rings is 1. The van der Waals surface area contributed by atoms with Gasteiger partial charge in [-0.05, 0) is 82.5 Å². The van der Waals surface area contributed by atoms with E-state index >= 15 is 0 Å². The van der Waals surface area contributed by atoms with Crippen molar-refractivity contribution in [1.29, 1.82) is 0 Å². The van der Waals surface area contributed by atoms with Gasteiger partial charge >= 0.3 is 5.97 Å². The highest BCUT2D eigenvalue weighted by atomic mass is 16.6. The molecule has 53 heavy (non-hydrogen) atoms. The maximum Gasteiger partial charge on any atom is 0.329 e. The lowest BCUT2D eigenvalue weighted by Crippen LogP contribution is -2.54. The molecule has 7 atom stereocenters. The number of nitrogens with zero attached hydrogens (tertiary/aromatic N) is 2. The van der Waals surface area contributed by atoms with Gasteiger partial charge in [-0.15, -0.1) is 0 Å². The number of aromatic nitrogens is 2. The van der Waals surface area contributed by atoms with Gasteiger partial charge in [-0.25, -0.2) is 9.78 Å². The second-order valence-electron chi connectivity index (χ2n) is 15.6. The van der Waals surface area contributed by atoms with E-state index in [-0.39, 0.29) is 49.1 Å². The normalized spacial score (nSPS) is 18.4. The van der Waals surface area contributed by atoms with E-state index in [0.29, 0.717) is 38.1 Å². The summed E-state index contributed by atoms with van der Waals surface area (Å²) < 4.78 is 5.63.